The molecule has 0 radical (unpaired) electrons. The van der Waals surface area contributed by atoms with E-state index in [1.165, 1.54) is 0 Å². The van der Waals surface area contributed by atoms with Crippen molar-refractivity contribution in [3.05, 3.63) is 140 Å². The molecule has 1 aliphatic rings. The standard InChI is InChI=1S/C29H28N2O5/c1-19-26(30-28(34)31-27(19)33)24-17-23(32)25(36-24)18-35-29(20-11-5-2-6-12-20,21-13-7-3-8-14-21)22-15-9-4-10-16-22/h2-16,23-25,32H,17-18H2,1H3,(H2,30,31,33,34)/t23-,24-,25-/m0/s1. The van der Waals surface area contributed by atoms with Crippen molar-refractivity contribution in [2.45, 2.75) is 37.3 Å². The molecule has 0 saturated carbocycles. The van der Waals surface area contributed by atoms with Crippen molar-refractivity contribution in [3.63, 3.8) is 0 Å². The fourth-order valence-electron chi connectivity index (χ4n) is 4.93. The zero-order valence-corrected chi connectivity index (χ0v) is 19.9. The summed E-state index contributed by atoms with van der Waals surface area (Å²) in [5.41, 5.74) is 1.56. The van der Waals surface area contributed by atoms with Crippen LogP contribution in [-0.4, -0.2) is 33.9 Å². The molecular weight excluding hydrogens is 456 g/mol. The molecule has 184 valence electrons. The van der Waals surface area contributed by atoms with E-state index in [0.29, 0.717) is 11.3 Å². The first kappa shape index (κ1) is 23.9. The van der Waals surface area contributed by atoms with Crippen LogP contribution in [0.5, 0.6) is 0 Å². The van der Waals surface area contributed by atoms with Crippen LogP contribution >= 0.6 is 0 Å². The number of rotatable bonds is 7. The third-order valence-corrected chi connectivity index (χ3v) is 6.77. The predicted molar refractivity (Wildman–Crippen MR) is 136 cm³/mol. The lowest BCUT2D eigenvalue weighted by Gasteiger charge is -2.37. The number of H-pyrrole nitrogens is 2. The molecule has 3 N–H and O–H groups in total. The summed E-state index contributed by atoms with van der Waals surface area (Å²) in [5.74, 6) is 0. The third-order valence-electron chi connectivity index (χ3n) is 6.77. The number of ether oxygens (including phenoxy) is 2. The van der Waals surface area contributed by atoms with E-state index in [4.69, 9.17) is 9.47 Å². The summed E-state index contributed by atoms with van der Waals surface area (Å²) in [6, 6.07) is 29.9. The van der Waals surface area contributed by atoms with Gasteiger partial charge in [-0.2, -0.15) is 0 Å². The minimum atomic E-state index is -0.945. The SMILES string of the molecule is Cc1c([C@@H]2C[C@H](O)[C@H](COC(c3ccccc3)(c3ccccc3)c3ccccc3)O2)[nH]c(=O)[nH]c1=O. The van der Waals surface area contributed by atoms with Gasteiger partial charge in [0.2, 0.25) is 0 Å². The van der Waals surface area contributed by atoms with E-state index in [1.807, 2.05) is 91.0 Å². The monoisotopic (exact) mass is 484 g/mol. The summed E-state index contributed by atoms with van der Waals surface area (Å²) in [7, 11) is 0. The molecule has 1 fully saturated rings. The Morgan fingerprint density at radius 2 is 1.36 bits per heavy atom. The highest BCUT2D eigenvalue weighted by atomic mass is 16.6. The molecule has 5 rings (SSSR count). The second-order valence-corrected chi connectivity index (χ2v) is 9.00. The molecule has 0 unspecified atom stereocenters. The van der Waals surface area contributed by atoms with Gasteiger partial charge in [-0.1, -0.05) is 91.0 Å². The van der Waals surface area contributed by atoms with Crippen molar-refractivity contribution in [2.24, 2.45) is 0 Å². The molecule has 7 heteroatoms. The van der Waals surface area contributed by atoms with E-state index in [0.717, 1.165) is 16.7 Å². The van der Waals surface area contributed by atoms with Gasteiger partial charge in [0.1, 0.15) is 17.8 Å². The normalized spacial score (nSPS) is 19.9. The molecule has 3 aromatic carbocycles. The molecule has 2 heterocycles. The van der Waals surface area contributed by atoms with Crippen molar-refractivity contribution in [3.8, 4) is 0 Å². The zero-order chi connectivity index (χ0) is 25.1. The Morgan fingerprint density at radius 1 is 0.861 bits per heavy atom. The van der Waals surface area contributed by atoms with Gasteiger partial charge >= 0.3 is 5.69 Å². The largest absolute Gasteiger partial charge is 0.390 e. The molecule has 0 amide bonds. The maximum absolute atomic E-state index is 12.1. The van der Waals surface area contributed by atoms with Gasteiger partial charge in [-0.25, -0.2) is 4.79 Å². The summed E-state index contributed by atoms with van der Waals surface area (Å²) in [6.07, 6.45) is -1.88. The fraction of sp³-hybridized carbons (Fsp3) is 0.241. The van der Waals surface area contributed by atoms with Crippen LogP contribution in [0, 0.1) is 6.92 Å². The van der Waals surface area contributed by atoms with Crippen LogP contribution in [0.3, 0.4) is 0 Å². The van der Waals surface area contributed by atoms with E-state index in [-0.39, 0.29) is 13.0 Å². The number of aromatic amines is 2. The molecule has 4 aromatic rings. The highest BCUT2D eigenvalue weighted by Crippen LogP contribution is 2.42. The lowest BCUT2D eigenvalue weighted by Crippen LogP contribution is -2.38. The van der Waals surface area contributed by atoms with Crippen molar-refractivity contribution in [2.75, 3.05) is 6.61 Å². The fourth-order valence-corrected chi connectivity index (χ4v) is 4.93. The van der Waals surface area contributed by atoms with Crippen molar-refractivity contribution in [1.29, 1.82) is 0 Å². The number of aromatic nitrogens is 2. The Morgan fingerprint density at radius 3 is 1.86 bits per heavy atom. The Bertz CT molecular complexity index is 1320. The van der Waals surface area contributed by atoms with E-state index in [2.05, 4.69) is 9.97 Å². The Balaban J connectivity index is 1.51. The molecule has 1 saturated heterocycles. The van der Waals surface area contributed by atoms with Crippen LogP contribution in [0.1, 0.15) is 40.5 Å². The molecule has 3 atom stereocenters. The van der Waals surface area contributed by atoms with E-state index in [1.54, 1.807) is 6.92 Å². The summed E-state index contributed by atoms with van der Waals surface area (Å²) >= 11 is 0. The lowest BCUT2D eigenvalue weighted by molar-refractivity contribution is -0.0833. The van der Waals surface area contributed by atoms with Crippen LogP contribution in [0.15, 0.2) is 101 Å². The van der Waals surface area contributed by atoms with Gasteiger partial charge in [-0.05, 0) is 23.6 Å². The van der Waals surface area contributed by atoms with Crippen molar-refractivity contribution in [1.82, 2.24) is 9.97 Å². The van der Waals surface area contributed by atoms with Crippen molar-refractivity contribution < 1.29 is 14.6 Å². The quantitative estimate of drug-likeness (QED) is 0.348. The molecular formula is C29H28N2O5. The van der Waals surface area contributed by atoms with Gasteiger partial charge in [-0.3, -0.25) is 9.78 Å². The number of nitrogens with one attached hydrogen (secondary N) is 2. The molecule has 0 aliphatic carbocycles. The first-order valence-corrected chi connectivity index (χ1v) is 12.0. The van der Waals surface area contributed by atoms with Gasteiger partial charge in [-0.15, -0.1) is 0 Å². The molecule has 36 heavy (non-hydrogen) atoms. The van der Waals surface area contributed by atoms with Crippen LogP contribution in [-0.2, 0) is 15.1 Å². The maximum atomic E-state index is 12.1. The average molecular weight is 485 g/mol. The highest BCUT2D eigenvalue weighted by molar-refractivity contribution is 5.47. The van der Waals surface area contributed by atoms with Crippen molar-refractivity contribution >= 4 is 0 Å². The topological polar surface area (TPSA) is 104 Å². The first-order chi connectivity index (χ1) is 17.5. The van der Waals surface area contributed by atoms with Gasteiger partial charge < -0.3 is 19.6 Å². The smallest absolute Gasteiger partial charge is 0.325 e. The summed E-state index contributed by atoms with van der Waals surface area (Å²) < 4.78 is 12.9. The summed E-state index contributed by atoms with van der Waals surface area (Å²) in [5, 5.41) is 10.9. The maximum Gasteiger partial charge on any atom is 0.325 e. The molecule has 1 aromatic heterocycles. The highest BCUT2D eigenvalue weighted by Gasteiger charge is 2.42. The second kappa shape index (κ2) is 10.1. The Hall–Kier alpha value is -3.78. The zero-order valence-electron chi connectivity index (χ0n) is 19.9. The van der Waals surface area contributed by atoms with E-state index < -0.39 is 35.2 Å². The summed E-state index contributed by atoms with van der Waals surface area (Å²) in [6.45, 7) is 1.71. The molecule has 0 spiro atoms. The third kappa shape index (κ3) is 4.44. The average Bonchev–Trinajstić information content (AvgIpc) is 3.28. The minimum Gasteiger partial charge on any atom is -0.390 e. The van der Waals surface area contributed by atoms with Gasteiger partial charge in [0.25, 0.3) is 5.56 Å². The van der Waals surface area contributed by atoms with Crippen LogP contribution < -0.4 is 11.2 Å². The number of hydrogen-bond donors (Lipinski definition) is 3. The number of hydrogen-bond acceptors (Lipinski definition) is 5. The number of benzene rings is 3. The van der Waals surface area contributed by atoms with Crippen LogP contribution in [0.25, 0.3) is 0 Å². The Kier molecular flexibility index (Phi) is 6.69. The lowest BCUT2D eigenvalue weighted by atomic mass is 9.80. The van der Waals surface area contributed by atoms with Gasteiger partial charge in [0.15, 0.2) is 0 Å². The molecule has 0 bridgehead atoms. The number of aliphatic hydroxyl groups is 1. The predicted octanol–water partition coefficient (Wildman–Crippen LogP) is 3.57. The number of aliphatic hydroxyl groups excluding tert-OH is 1. The molecule has 7 nitrogen and oxygen atoms in total. The minimum absolute atomic E-state index is 0.0861. The van der Waals surface area contributed by atoms with E-state index in [9.17, 15) is 14.7 Å². The van der Waals surface area contributed by atoms with Gasteiger partial charge in [0, 0.05) is 12.0 Å². The Labute approximate surface area is 208 Å². The van der Waals surface area contributed by atoms with E-state index >= 15 is 0 Å². The van der Waals surface area contributed by atoms with Crippen LogP contribution in [0.2, 0.25) is 0 Å². The van der Waals surface area contributed by atoms with Crippen LogP contribution in [0.4, 0.5) is 0 Å². The first-order valence-electron chi connectivity index (χ1n) is 12.0. The summed E-state index contributed by atoms with van der Waals surface area (Å²) in [4.78, 5) is 28.8. The van der Waals surface area contributed by atoms with Gasteiger partial charge in [0.05, 0.1) is 18.4 Å². The second-order valence-electron chi connectivity index (χ2n) is 9.00. The molecule has 1 aliphatic heterocycles.